The lowest BCUT2D eigenvalue weighted by Gasteiger charge is -2.31. The van der Waals surface area contributed by atoms with E-state index >= 15 is 0 Å². The number of carbonyl (C=O) groups is 2. The van der Waals surface area contributed by atoms with Gasteiger partial charge in [0.2, 0.25) is 0 Å². The molecule has 2 aromatic carbocycles. The van der Waals surface area contributed by atoms with Gasteiger partial charge in [-0.3, -0.25) is 9.59 Å². The molecule has 0 bridgehead atoms. The van der Waals surface area contributed by atoms with E-state index in [0.29, 0.717) is 18.4 Å². The molecule has 1 heterocycles. The molecule has 2 aliphatic rings. The summed E-state index contributed by atoms with van der Waals surface area (Å²) in [5, 5.41) is 2.18. The number of ketones is 2. The molecule has 2 unspecified atom stereocenters. The Morgan fingerprint density at radius 1 is 1.17 bits per heavy atom. The maximum atomic E-state index is 12.7. The van der Waals surface area contributed by atoms with Crippen molar-refractivity contribution in [2.24, 2.45) is 5.41 Å². The fourth-order valence-electron chi connectivity index (χ4n) is 4.06. The van der Waals surface area contributed by atoms with Crippen molar-refractivity contribution < 1.29 is 14.3 Å². The van der Waals surface area contributed by atoms with Gasteiger partial charge >= 0.3 is 0 Å². The van der Waals surface area contributed by atoms with E-state index < -0.39 is 5.60 Å². The van der Waals surface area contributed by atoms with Crippen molar-refractivity contribution in [3.05, 3.63) is 48.0 Å². The second-order valence-electron chi connectivity index (χ2n) is 7.71. The Morgan fingerprint density at radius 2 is 1.91 bits per heavy atom. The van der Waals surface area contributed by atoms with Gasteiger partial charge in [-0.2, -0.15) is 0 Å². The normalized spacial score (nSPS) is 28.4. The summed E-state index contributed by atoms with van der Waals surface area (Å²) in [5.74, 6) is 0.205. The molecule has 0 N–H and O–H groups in total. The Kier molecular flexibility index (Phi) is 3.01. The molecule has 0 amide bonds. The summed E-state index contributed by atoms with van der Waals surface area (Å²) in [6.07, 6.45) is 1.25. The Bertz CT molecular complexity index is 821. The number of carbonyl (C=O) groups excluding carboxylic acids is 2. The zero-order chi connectivity index (χ0) is 16.2. The fourth-order valence-corrected chi connectivity index (χ4v) is 4.06. The minimum atomic E-state index is -0.554. The van der Waals surface area contributed by atoms with Crippen molar-refractivity contribution in [3.63, 3.8) is 0 Å². The Morgan fingerprint density at radius 3 is 2.70 bits per heavy atom. The molecule has 118 valence electrons. The van der Waals surface area contributed by atoms with Crippen LogP contribution >= 0.6 is 0 Å². The van der Waals surface area contributed by atoms with Crippen LogP contribution in [0.4, 0.5) is 0 Å². The maximum absolute atomic E-state index is 12.7. The molecule has 2 atom stereocenters. The van der Waals surface area contributed by atoms with Gasteiger partial charge in [-0.15, -0.1) is 0 Å². The summed E-state index contributed by atoms with van der Waals surface area (Å²) in [4.78, 5) is 24.8. The van der Waals surface area contributed by atoms with E-state index in [0.717, 1.165) is 17.2 Å². The smallest absolute Gasteiger partial charge is 0.165 e. The number of benzene rings is 2. The largest absolute Gasteiger partial charge is 0.357 e. The van der Waals surface area contributed by atoms with Gasteiger partial charge in [0.15, 0.2) is 11.6 Å². The van der Waals surface area contributed by atoms with Gasteiger partial charge in [0.05, 0.1) is 0 Å². The number of hydrogen-bond acceptors (Lipinski definition) is 3. The lowest BCUT2D eigenvalue weighted by atomic mass is 9.70. The maximum Gasteiger partial charge on any atom is 0.165 e. The van der Waals surface area contributed by atoms with E-state index in [1.165, 1.54) is 0 Å². The van der Waals surface area contributed by atoms with Crippen LogP contribution in [0.25, 0.3) is 10.8 Å². The SMILES string of the molecule is CC1(C)CC(=O)C2OC2(CC(=O)c2ccc3ccccc3c2)C1. The highest BCUT2D eigenvalue weighted by Crippen LogP contribution is 2.54. The third-order valence-electron chi connectivity index (χ3n) is 5.03. The second-order valence-corrected chi connectivity index (χ2v) is 7.71. The summed E-state index contributed by atoms with van der Waals surface area (Å²) >= 11 is 0. The number of epoxide rings is 1. The van der Waals surface area contributed by atoms with Crippen LogP contribution in [-0.2, 0) is 9.53 Å². The number of hydrogen-bond donors (Lipinski definition) is 0. The minimum absolute atomic E-state index is 0.0590. The Labute approximate surface area is 135 Å². The summed E-state index contributed by atoms with van der Waals surface area (Å²) < 4.78 is 5.72. The second kappa shape index (κ2) is 4.75. The van der Waals surface area contributed by atoms with E-state index in [1.807, 2.05) is 42.5 Å². The molecular weight excluding hydrogens is 288 g/mol. The molecule has 2 aromatic rings. The molecular formula is C20H20O3. The minimum Gasteiger partial charge on any atom is -0.357 e. The fraction of sp³-hybridized carbons (Fsp3) is 0.400. The van der Waals surface area contributed by atoms with Gasteiger partial charge in [0, 0.05) is 18.4 Å². The molecule has 2 fully saturated rings. The predicted octanol–water partition coefficient (Wildman–Crippen LogP) is 3.94. The first-order valence-corrected chi connectivity index (χ1v) is 8.11. The summed E-state index contributed by atoms with van der Waals surface area (Å²) in [6.45, 7) is 4.15. The van der Waals surface area contributed by atoms with Crippen molar-refractivity contribution in [3.8, 4) is 0 Å². The van der Waals surface area contributed by atoms with Crippen LogP contribution in [-0.4, -0.2) is 23.3 Å². The van der Waals surface area contributed by atoms with Crippen molar-refractivity contribution in [2.45, 2.75) is 44.8 Å². The third-order valence-corrected chi connectivity index (χ3v) is 5.03. The Balaban J connectivity index is 1.59. The van der Waals surface area contributed by atoms with E-state index in [9.17, 15) is 9.59 Å². The van der Waals surface area contributed by atoms with Crippen LogP contribution in [0, 0.1) is 5.41 Å². The monoisotopic (exact) mass is 308 g/mol. The highest BCUT2D eigenvalue weighted by molar-refractivity contribution is 6.01. The van der Waals surface area contributed by atoms with Crippen LogP contribution in [0.1, 0.15) is 43.5 Å². The Hall–Kier alpha value is -2.00. The highest BCUT2D eigenvalue weighted by atomic mass is 16.6. The van der Waals surface area contributed by atoms with Gasteiger partial charge in [-0.05, 0) is 28.7 Å². The lowest BCUT2D eigenvalue weighted by molar-refractivity contribution is -0.123. The van der Waals surface area contributed by atoms with Crippen molar-refractivity contribution in [1.29, 1.82) is 0 Å². The van der Waals surface area contributed by atoms with Crippen molar-refractivity contribution in [2.75, 3.05) is 0 Å². The van der Waals surface area contributed by atoms with Gasteiger partial charge in [0.25, 0.3) is 0 Å². The summed E-state index contributed by atoms with van der Waals surface area (Å²) in [5.41, 5.74) is 0.0538. The lowest BCUT2D eigenvalue weighted by Crippen LogP contribution is -2.37. The van der Waals surface area contributed by atoms with Crippen LogP contribution in [0.5, 0.6) is 0 Å². The number of fused-ring (bicyclic) bond motifs is 2. The third kappa shape index (κ3) is 2.49. The van der Waals surface area contributed by atoms with E-state index in [-0.39, 0.29) is 23.1 Å². The zero-order valence-corrected chi connectivity index (χ0v) is 13.5. The number of Topliss-reactive ketones (excluding diaryl/α,β-unsaturated/α-hetero) is 2. The first kappa shape index (κ1) is 14.6. The van der Waals surface area contributed by atoms with Crippen LogP contribution in [0.3, 0.4) is 0 Å². The van der Waals surface area contributed by atoms with Crippen molar-refractivity contribution in [1.82, 2.24) is 0 Å². The standard InChI is InChI=1S/C20H20O3/c1-19(2)10-17(22)18-20(12-19,23-18)11-16(21)15-8-7-13-5-3-4-6-14(13)9-15/h3-9,18H,10-12H2,1-2H3. The summed E-state index contributed by atoms with van der Waals surface area (Å²) in [6, 6.07) is 13.8. The molecule has 1 aliphatic heterocycles. The molecule has 0 spiro atoms. The zero-order valence-electron chi connectivity index (χ0n) is 13.5. The van der Waals surface area contributed by atoms with Crippen molar-refractivity contribution >= 4 is 22.3 Å². The quantitative estimate of drug-likeness (QED) is 0.637. The number of rotatable bonds is 3. The highest BCUT2D eigenvalue weighted by Gasteiger charge is 2.65. The molecule has 1 saturated carbocycles. The molecule has 23 heavy (non-hydrogen) atoms. The average molecular weight is 308 g/mol. The molecule has 0 radical (unpaired) electrons. The van der Waals surface area contributed by atoms with E-state index in [4.69, 9.17) is 4.74 Å². The summed E-state index contributed by atoms with van der Waals surface area (Å²) in [7, 11) is 0. The predicted molar refractivity (Wildman–Crippen MR) is 88.5 cm³/mol. The molecule has 1 aliphatic carbocycles. The molecule has 3 heteroatoms. The van der Waals surface area contributed by atoms with Gasteiger partial charge in [-0.25, -0.2) is 0 Å². The molecule has 3 nitrogen and oxygen atoms in total. The molecule has 1 saturated heterocycles. The van der Waals surface area contributed by atoms with Gasteiger partial charge in [0.1, 0.15) is 11.7 Å². The van der Waals surface area contributed by atoms with E-state index in [2.05, 4.69) is 13.8 Å². The molecule has 0 aromatic heterocycles. The van der Waals surface area contributed by atoms with Crippen LogP contribution < -0.4 is 0 Å². The number of ether oxygens (including phenoxy) is 1. The molecule has 4 rings (SSSR count). The topological polar surface area (TPSA) is 46.7 Å². The first-order chi connectivity index (χ1) is 10.9. The van der Waals surface area contributed by atoms with Crippen LogP contribution in [0.15, 0.2) is 42.5 Å². The van der Waals surface area contributed by atoms with Gasteiger partial charge < -0.3 is 4.74 Å². The van der Waals surface area contributed by atoms with Gasteiger partial charge in [-0.1, -0.05) is 50.2 Å². The first-order valence-electron chi connectivity index (χ1n) is 8.11. The van der Waals surface area contributed by atoms with Crippen LogP contribution in [0.2, 0.25) is 0 Å². The van der Waals surface area contributed by atoms with E-state index in [1.54, 1.807) is 0 Å². The average Bonchev–Trinajstić information content (AvgIpc) is 3.19.